The molecule has 1 atom stereocenters. The third-order valence-electron chi connectivity index (χ3n) is 2.64. The Bertz CT molecular complexity index is 419. The lowest BCUT2D eigenvalue weighted by atomic mass is 10.0. The van der Waals surface area contributed by atoms with Crippen molar-refractivity contribution in [2.45, 2.75) is 46.1 Å². The third kappa shape index (κ3) is 3.26. The average molecular weight is 252 g/mol. The van der Waals surface area contributed by atoms with Gasteiger partial charge in [-0.15, -0.1) is 0 Å². The molecular weight excluding hydrogens is 232 g/mol. The molecule has 1 heterocycles. The van der Waals surface area contributed by atoms with E-state index in [2.05, 4.69) is 9.97 Å². The number of ether oxygens (including phenoxy) is 1. The van der Waals surface area contributed by atoms with Crippen molar-refractivity contribution in [3.05, 3.63) is 23.3 Å². The average Bonchev–Trinajstić information content (AvgIpc) is 2.35. The second-order valence-corrected chi connectivity index (χ2v) is 4.34. The van der Waals surface area contributed by atoms with E-state index in [1.807, 2.05) is 27.7 Å². The van der Waals surface area contributed by atoms with Crippen LogP contribution in [-0.2, 0) is 4.74 Å². The van der Waals surface area contributed by atoms with Gasteiger partial charge >= 0.3 is 5.97 Å². The molecule has 0 radical (unpaired) electrons. The summed E-state index contributed by atoms with van der Waals surface area (Å²) in [5.74, 6) is -0.389. The summed E-state index contributed by atoms with van der Waals surface area (Å²) in [6.07, 6.45) is 1.97. The number of carbonyl (C=O) groups is 1. The van der Waals surface area contributed by atoms with Crippen molar-refractivity contribution in [1.82, 2.24) is 9.97 Å². The maximum atomic E-state index is 11.1. The highest BCUT2D eigenvalue weighted by molar-refractivity contribution is 5.88. The van der Waals surface area contributed by atoms with Gasteiger partial charge in [0, 0.05) is 12.8 Å². The first kappa shape index (κ1) is 14.6. The first-order valence-electron chi connectivity index (χ1n) is 6.22. The van der Waals surface area contributed by atoms with Crippen molar-refractivity contribution in [3.8, 4) is 0 Å². The second-order valence-electron chi connectivity index (χ2n) is 4.34. The van der Waals surface area contributed by atoms with Crippen molar-refractivity contribution in [1.29, 1.82) is 0 Å². The zero-order valence-corrected chi connectivity index (χ0v) is 11.3. The van der Waals surface area contributed by atoms with Crippen LogP contribution in [-0.4, -0.2) is 27.7 Å². The fraction of sp³-hybridized carbons (Fsp3) is 0.615. The molecule has 1 aromatic heterocycles. The van der Waals surface area contributed by atoms with Gasteiger partial charge in [-0.3, -0.25) is 0 Å². The second kappa shape index (κ2) is 6.44. The largest absolute Gasteiger partial charge is 0.478 e. The molecule has 0 saturated carbocycles. The minimum absolute atomic E-state index is 0.0389. The van der Waals surface area contributed by atoms with Crippen LogP contribution in [0.4, 0.5) is 0 Å². The van der Waals surface area contributed by atoms with Crippen molar-refractivity contribution in [3.63, 3.8) is 0 Å². The lowest BCUT2D eigenvalue weighted by Crippen LogP contribution is -2.14. The third-order valence-corrected chi connectivity index (χ3v) is 2.64. The van der Waals surface area contributed by atoms with Crippen LogP contribution in [0.1, 0.15) is 68.0 Å². The summed E-state index contributed by atoms with van der Waals surface area (Å²) in [4.78, 5) is 19.6. The van der Waals surface area contributed by atoms with Crippen molar-refractivity contribution in [2.75, 3.05) is 6.61 Å². The predicted octanol–water partition coefficient (Wildman–Crippen LogP) is 2.79. The zero-order valence-electron chi connectivity index (χ0n) is 11.3. The molecule has 0 aliphatic heterocycles. The fourth-order valence-electron chi connectivity index (χ4n) is 1.75. The molecule has 1 rings (SSSR count). The molecule has 0 fully saturated rings. The molecule has 100 valence electrons. The van der Waals surface area contributed by atoms with Gasteiger partial charge in [0.25, 0.3) is 0 Å². The molecule has 0 aromatic carbocycles. The van der Waals surface area contributed by atoms with Gasteiger partial charge in [0.05, 0.1) is 11.3 Å². The van der Waals surface area contributed by atoms with Crippen LogP contribution in [0.15, 0.2) is 6.20 Å². The Morgan fingerprint density at radius 2 is 2.11 bits per heavy atom. The zero-order chi connectivity index (χ0) is 13.7. The molecule has 1 aromatic rings. The van der Waals surface area contributed by atoms with Gasteiger partial charge < -0.3 is 9.84 Å². The molecular formula is C13H20N2O3. The van der Waals surface area contributed by atoms with Crippen LogP contribution in [0.25, 0.3) is 0 Å². The van der Waals surface area contributed by atoms with Gasteiger partial charge in [0.1, 0.15) is 6.10 Å². The Morgan fingerprint density at radius 3 is 2.56 bits per heavy atom. The molecule has 0 aliphatic rings. The Hall–Kier alpha value is -1.49. The maximum Gasteiger partial charge on any atom is 0.339 e. The summed E-state index contributed by atoms with van der Waals surface area (Å²) in [5.41, 5.74) is 0.728. The van der Waals surface area contributed by atoms with E-state index in [4.69, 9.17) is 9.84 Å². The first-order valence-corrected chi connectivity index (χ1v) is 6.22. The number of rotatable bonds is 6. The summed E-state index contributed by atoms with van der Waals surface area (Å²) in [6.45, 7) is 8.32. The van der Waals surface area contributed by atoms with Gasteiger partial charge in [0.2, 0.25) is 0 Å². The Kier molecular flexibility index (Phi) is 5.22. The van der Waals surface area contributed by atoms with E-state index in [-0.39, 0.29) is 17.6 Å². The highest BCUT2D eigenvalue weighted by Crippen LogP contribution is 2.22. The Morgan fingerprint density at radius 1 is 1.44 bits per heavy atom. The summed E-state index contributed by atoms with van der Waals surface area (Å²) < 4.78 is 5.54. The number of aromatic nitrogens is 2. The van der Waals surface area contributed by atoms with Crippen LogP contribution in [0.5, 0.6) is 0 Å². The van der Waals surface area contributed by atoms with E-state index in [0.717, 1.165) is 6.42 Å². The Balaban J connectivity index is 3.17. The number of nitrogens with zero attached hydrogens (tertiary/aromatic N) is 2. The number of carboxylic acids is 1. The molecule has 0 amide bonds. The highest BCUT2D eigenvalue weighted by Gasteiger charge is 2.19. The van der Waals surface area contributed by atoms with Gasteiger partial charge in [-0.2, -0.15) is 0 Å². The molecule has 5 heteroatoms. The first-order chi connectivity index (χ1) is 8.51. The van der Waals surface area contributed by atoms with E-state index < -0.39 is 5.97 Å². The molecule has 0 spiro atoms. The van der Waals surface area contributed by atoms with Gasteiger partial charge in [-0.25, -0.2) is 14.8 Å². The molecule has 0 bridgehead atoms. The minimum Gasteiger partial charge on any atom is -0.478 e. The summed E-state index contributed by atoms with van der Waals surface area (Å²) in [7, 11) is 0. The van der Waals surface area contributed by atoms with Crippen LogP contribution in [0, 0.1) is 0 Å². The standard InChI is InChI=1S/C13H20N2O3/c1-5-10(18-6-2)12-14-7-9(13(16)17)11(15-12)8(3)4/h7-8,10H,5-6H2,1-4H3,(H,16,17). The molecule has 18 heavy (non-hydrogen) atoms. The van der Waals surface area contributed by atoms with Gasteiger partial charge in [-0.05, 0) is 19.3 Å². The minimum atomic E-state index is -0.991. The molecule has 1 N–H and O–H groups in total. The fourth-order valence-corrected chi connectivity index (χ4v) is 1.75. The van der Waals surface area contributed by atoms with E-state index >= 15 is 0 Å². The normalized spacial score (nSPS) is 12.7. The van der Waals surface area contributed by atoms with Crippen molar-refractivity contribution < 1.29 is 14.6 Å². The highest BCUT2D eigenvalue weighted by atomic mass is 16.5. The summed E-state index contributed by atoms with van der Waals surface area (Å²) in [5, 5.41) is 9.09. The smallest absolute Gasteiger partial charge is 0.339 e. The number of hydrogen-bond acceptors (Lipinski definition) is 4. The van der Waals surface area contributed by atoms with Crippen LogP contribution >= 0.6 is 0 Å². The molecule has 0 saturated heterocycles. The quantitative estimate of drug-likeness (QED) is 0.842. The monoisotopic (exact) mass is 252 g/mol. The molecule has 1 unspecified atom stereocenters. The van der Waals surface area contributed by atoms with E-state index in [1.165, 1.54) is 6.20 Å². The molecule has 5 nitrogen and oxygen atoms in total. The van der Waals surface area contributed by atoms with Crippen molar-refractivity contribution in [2.24, 2.45) is 0 Å². The number of hydrogen-bond donors (Lipinski definition) is 1. The van der Waals surface area contributed by atoms with Crippen molar-refractivity contribution >= 4 is 5.97 Å². The van der Waals surface area contributed by atoms with Gasteiger partial charge in [-0.1, -0.05) is 20.8 Å². The van der Waals surface area contributed by atoms with E-state index in [1.54, 1.807) is 0 Å². The maximum absolute atomic E-state index is 11.1. The van der Waals surface area contributed by atoms with E-state index in [9.17, 15) is 4.79 Å². The van der Waals surface area contributed by atoms with Crippen LogP contribution in [0.3, 0.4) is 0 Å². The van der Waals surface area contributed by atoms with Crippen LogP contribution < -0.4 is 0 Å². The van der Waals surface area contributed by atoms with E-state index in [0.29, 0.717) is 18.1 Å². The Labute approximate surface area is 107 Å². The predicted molar refractivity (Wildman–Crippen MR) is 67.7 cm³/mol. The lowest BCUT2D eigenvalue weighted by Gasteiger charge is -2.16. The number of aromatic carboxylic acids is 1. The van der Waals surface area contributed by atoms with Crippen LogP contribution in [0.2, 0.25) is 0 Å². The summed E-state index contributed by atoms with van der Waals surface area (Å²) >= 11 is 0. The van der Waals surface area contributed by atoms with Gasteiger partial charge in [0.15, 0.2) is 5.82 Å². The number of carboxylic acid groups (broad SMARTS) is 1. The topological polar surface area (TPSA) is 72.3 Å². The lowest BCUT2D eigenvalue weighted by molar-refractivity contribution is 0.0529. The SMILES string of the molecule is CCOC(CC)c1ncc(C(=O)O)c(C(C)C)n1. The summed E-state index contributed by atoms with van der Waals surface area (Å²) in [6, 6.07) is 0. The molecule has 0 aliphatic carbocycles.